The lowest BCUT2D eigenvalue weighted by molar-refractivity contribution is 0.0730. The standard InChI is InChI=1S/C17H24OSi/c1-19(2,3)14-13-17(12-8-7-11-16(17)18)15-9-5-4-6-10-15/h4-6,9-10,16,18H,7-8,11-12H2,1-3H3/t16-,17-/m0/s1. The van der Waals surface area contributed by atoms with Crippen molar-refractivity contribution in [2.45, 2.75) is 56.8 Å². The molecule has 1 saturated carbocycles. The molecule has 0 spiro atoms. The summed E-state index contributed by atoms with van der Waals surface area (Å²) in [4.78, 5) is 0. The van der Waals surface area contributed by atoms with E-state index in [-0.39, 0.29) is 11.5 Å². The minimum atomic E-state index is -1.42. The second-order valence-corrected chi connectivity index (χ2v) is 11.3. The highest BCUT2D eigenvalue weighted by Gasteiger charge is 2.40. The van der Waals surface area contributed by atoms with Crippen LogP contribution in [0.5, 0.6) is 0 Å². The SMILES string of the molecule is C[Si](C)(C)C#C[C@]1(c2ccccc2)CCCC[C@@H]1O. The molecule has 0 amide bonds. The summed E-state index contributed by atoms with van der Waals surface area (Å²) in [5.74, 6) is 3.50. The van der Waals surface area contributed by atoms with Crippen molar-refractivity contribution in [2.75, 3.05) is 0 Å². The summed E-state index contributed by atoms with van der Waals surface area (Å²) in [6.07, 6.45) is 3.80. The number of aliphatic hydroxyl groups is 1. The zero-order valence-corrected chi connectivity index (χ0v) is 13.2. The minimum absolute atomic E-state index is 0.326. The fourth-order valence-electron chi connectivity index (χ4n) is 2.74. The normalized spacial score (nSPS) is 27.5. The number of benzene rings is 1. The van der Waals surface area contributed by atoms with Gasteiger partial charge in [-0.25, -0.2) is 0 Å². The van der Waals surface area contributed by atoms with E-state index in [0.717, 1.165) is 25.7 Å². The summed E-state index contributed by atoms with van der Waals surface area (Å²) in [6.45, 7) is 6.77. The summed E-state index contributed by atoms with van der Waals surface area (Å²) >= 11 is 0. The van der Waals surface area contributed by atoms with E-state index in [9.17, 15) is 5.11 Å². The van der Waals surface area contributed by atoms with Crippen LogP contribution in [-0.4, -0.2) is 19.3 Å². The van der Waals surface area contributed by atoms with Crippen LogP contribution in [0.25, 0.3) is 0 Å². The second-order valence-electron chi connectivity index (χ2n) is 6.60. The molecule has 1 aromatic rings. The number of rotatable bonds is 1. The van der Waals surface area contributed by atoms with Crippen LogP contribution in [0.4, 0.5) is 0 Å². The lowest BCUT2D eigenvalue weighted by atomic mass is 9.68. The Labute approximate surface area is 118 Å². The molecule has 0 heterocycles. The zero-order chi connectivity index (χ0) is 13.9. The Kier molecular flexibility index (Phi) is 4.18. The smallest absolute Gasteiger partial charge is 0.129 e. The summed E-state index contributed by atoms with van der Waals surface area (Å²) in [5, 5.41) is 10.6. The zero-order valence-electron chi connectivity index (χ0n) is 12.2. The topological polar surface area (TPSA) is 20.2 Å². The predicted octanol–water partition coefficient (Wildman–Crippen LogP) is 3.74. The first-order valence-electron chi connectivity index (χ1n) is 7.22. The highest BCUT2D eigenvalue weighted by molar-refractivity contribution is 6.83. The fourth-order valence-corrected chi connectivity index (χ4v) is 3.34. The molecule has 1 aromatic carbocycles. The van der Waals surface area contributed by atoms with Gasteiger partial charge < -0.3 is 5.11 Å². The maximum atomic E-state index is 10.6. The quantitative estimate of drug-likeness (QED) is 0.610. The van der Waals surface area contributed by atoms with Crippen LogP contribution in [0, 0.1) is 11.5 Å². The highest BCUT2D eigenvalue weighted by Crippen LogP contribution is 2.39. The lowest BCUT2D eigenvalue weighted by Gasteiger charge is -2.38. The van der Waals surface area contributed by atoms with Crippen LogP contribution < -0.4 is 0 Å². The summed E-state index contributed by atoms with van der Waals surface area (Å²) in [5.41, 5.74) is 4.34. The maximum Gasteiger partial charge on any atom is 0.129 e. The largest absolute Gasteiger partial charge is 0.391 e. The Hall–Kier alpha value is -1.04. The molecule has 1 N–H and O–H groups in total. The van der Waals surface area contributed by atoms with Gasteiger partial charge in [0.15, 0.2) is 0 Å². The molecule has 2 heteroatoms. The third-order valence-electron chi connectivity index (χ3n) is 3.82. The molecule has 102 valence electrons. The third-order valence-corrected chi connectivity index (χ3v) is 4.69. The Morgan fingerprint density at radius 1 is 1.16 bits per heavy atom. The molecule has 1 fully saturated rings. The molecular formula is C17H24OSi. The Bertz CT molecular complexity index is 477. The van der Waals surface area contributed by atoms with E-state index in [0.29, 0.717) is 0 Å². The van der Waals surface area contributed by atoms with E-state index in [1.54, 1.807) is 0 Å². The lowest BCUT2D eigenvalue weighted by Crippen LogP contribution is -2.41. The van der Waals surface area contributed by atoms with E-state index in [1.807, 2.05) is 6.07 Å². The number of aliphatic hydroxyl groups excluding tert-OH is 1. The van der Waals surface area contributed by atoms with Gasteiger partial charge in [-0.05, 0) is 18.4 Å². The molecule has 0 aliphatic heterocycles. The van der Waals surface area contributed by atoms with Gasteiger partial charge in [-0.2, -0.15) is 0 Å². The first kappa shape index (κ1) is 14.4. The van der Waals surface area contributed by atoms with Crippen LogP contribution in [0.1, 0.15) is 31.2 Å². The predicted molar refractivity (Wildman–Crippen MR) is 83.7 cm³/mol. The Balaban J connectivity index is 2.46. The first-order chi connectivity index (χ1) is 8.94. The molecule has 2 atom stereocenters. The van der Waals surface area contributed by atoms with Crippen molar-refractivity contribution in [3.05, 3.63) is 35.9 Å². The molecule has 0 radical (unpaired) electrons. The van der Waals surface area contributed by atoms with Crippen molar-refractivity contribution in [3.8, 4) is 11.5 Å². The van der Waals surface area contributed by atoms with Gasteiger partial charge in [-0.1, -0.05) is 68.7 Å². The molecular weight excluding hydrogens is 248 g/mol. The molecule has 1 aliphatic carbocycles. The molecule has 0 saturated heterocycles. The average molecular weight is 272 g/mol. The second kappa shape index (κ2) is 5.52. The van der Waals surface area contributed by atoms with Crippen LogP contribution >= 0.6 is 0 Å². The van der Waals surface area contributed by atoms with Gasteiger partial charge in [0.05, 0.1) is 11.5 Å². The van der Waals surface area contributed by atoms with E-state index in [4.69, 9.17) is 0 Å². The summed E-state index contributed by atoms with van der Waals surface area (Å²) in [6, 6.07) is 10.4. The van der Waals surface area contributed by atoms with E-state index in [2.05, 4.69) is 55.4 Å². The molecule has 2 rings (SSSR count). The fraction of sp³-hybridized carbons (Fsp3) is 0.529. The van der Waals surface area contributed by atoms with Gasteiger partial charge in [-0.3, -0.25) is 0 Å². The van der Waals surface area contributed by atoms with Crippen molar-refractivity contribution >= 4 is 8.07 Å². The third kappa shape index (κ3) is 3.29. The highest BCUT2D eigenvalue weighted by atomic mass is 28.3. The van der Waals surface area contributed by atoms with Crippen LogP contribution in [0.2, 0.25) is 19.6 Å². The molecule has 1 nitrogen and oxygen atoms in total. The van der Waals surface area contributed by atoms with Gasteiger partial charge in [0.25, 0.3) is 0 Å². The van der Waals surface area contributed by atoms with Crippen molar-refractivity contribution in [3.63, 3.8) is 0 Å². The maximum absolute atomic E-state index is 10.6. The van der Waals surface area contributed by atoms with Gasteiger partial charge >= 0.3 is 0 Å². The molecule has 0 unspecified atom stereocenters. The molecule has 0 bridgehead atoms. The van der Waals surface area contributed by atoms with Crippen molar-refractivity contribution in [1.82, 2.24) is 0 Å². The molecule has 1 aliphatic rings. The van der Waals surface area contributed by atoms with Gasteiger partial charge in [-0.15, -0.1) is 5.54 Å². The van der Waals surface area contributed by atoms with Crippen LogP contribution in [0.15, 0.2) is 30.3 Å². The van der Waals surface area contributed by atoms with Crippen molar-refractivity contribution < 1.29 is 5.11 Å². The van der Waals surface area contributed by atoms with E-state index >= 15 is 0 Å². The average Bonchev–Trinajstić information content (AvgIpc) is 2.38. The van der Waals surface area contributed by atoms with Crippen LogP contribution in [0.3, 0.4) is 0 Å². The van der Waals surface area contributed by atoms with Crippen LogP contribution in [-0.2, 0) is 5.41 Å². The summed E-state index contributed by atoms with van der Waals surface area (Å²) in [7, 11) is -1.42. The molecule has 0 aromatic heterocycles. The molecule has 19 heavy (non-hydrogen) atoms. The van der Waals surface area contributed by atoms with E-state index in [1.165, 1.54) is 5.56 Å². The Morgan fingerprint density at radius 3 is 2.42 bits per heavy atom. The van der Waals surface area contributed by atoms with Crippen molar-refractivity contribution in [1.29, 1.82) is 0 Å². The van der Waals surface area contributed by atoms with Gasteiger partial charge in [0.2, 0.25) is 0 Å². The summed E-state index contributed by atoms with van der Waals surface area (Å²) < 4.78 is 0. The Morgan fingerprint density at radius 2 is 1.84 bits per heavy atom. The first-order valence-corrected chi connectivity index (χ1v) is 10.7. The monoisotopic (exact) mass is 272 g/mol. The number of hydrogen-bond donors (Lipinski definition) is 1. The van der Waals surface area contributed by atoms with Crippen molar-refractivity contribution in [2.24, 2.45) is 0 Å². The van der Waals surface area contributed by atoms with Gasteiger partial charge in [0, 0.05) is 0 Å². The minimum Gasteiger partial charge on any atom is -0.391 e. The van der Waals surface area contributed by atoms with E-state index < -0.39 is 8.07 Å². The number of hydrogen-bond acceptors (Lipinski definition) is 1. The van der Waals surface area contributed by atoms with Gasteiger partial charge in [0.1, 0.15) is 8.07 Å².